The number of aliphatic imine (C=N–C) groups is 1. The number of phenols is 1. The van der Waals surface area contributed by atoms with Crippen LogP contribution in [0.15, 0.2) is 138 Å². The van der Waals surface area contributed by atoms with Gasteiger partial charge in [-0.2, -0.15) is 0 Å². The summed E-state index contributed by atoms with van der Waals surface area (Å²) in [6.07, 6.45) is 6.46. The van der Waals surface area contributed by atoms with Crippen LogP contribution in [0.4, 0.5) is 0 Å². The Balaban J connectivity index is 1.29. The van der Waals surface area contributed by atoms with Gasteiger partial charge in [-0.05, 0) is 43.5 Å². The second kappa shape index (κ2) is 10.8. The molecule has 1 aromatic heterocycles. The molecule has 0 radical (unpaired) electrons. The molecule has 7 rings (SSSR count). The molecule has 4 aromatic carbocycles. The number of aromatic amines is 1. The van der Waals surface area contributed by atoms with E-state index in [0.29, 0.717) is 23.6 Å². The van der Waals surface area contributed by atoms with Crippen LogP contribution in [0.1, 0.15) is 37.4 Å². The van der Waals surface area contributed by atoms with E-state index in [2.05, 4.69) is 53.6 Å². The lowest BCUT2D eigenvalue weighted by Gasteiger charge is -2.34. The molecule has 5 aromatic rings. The first-order chi connectivity index (χ1) is 21.3. The lowest BCUT2D eigenvalue weighted by molar-refractivity contribution is 0.106. The lowest BCUT2D eigenvalue weighted by atomic mass is 9.81. The summed E-state index contributed by atoms with van der Waals surface area (Å²) >= 11 is 0. The molecule has 1 aliphatic heterocycles. The van der Waals surface area contributed by atoms with Crippen LogP contribution in [0.5, 0.6) is 5.75 Å². The van der Waals surface area contributed by atoms with Gasteiger partial charge in [0.1, 0.15) is 23.5 Å². The largest absolute Gasteiger partial charge is 0.507 e. The standard InChI is InChI=1S/C38H34N4O2/c1-37(44)24-12-11-18-30(37)36-41-34(27-15-7-4-8-16-27)38(2,42-36)28-22-20-26(21-23-28)33-32(25-13-5-3-6-14-25)39-35(40-33)29-17-9-10-19-31(29)43/h3-23,34,43-44H,24H2,1-2H3,(H,39,40)(H,41,42). The summed E-state index contributed by atoms with van der Waals surface area (Å²) in [7, 11) is 0. The summed E-state index contributed by atoms with van der Waals surface area (Å²) < 4.78 is 0. The lowest BCUT2D eigenvalue weighted by Crippen LogP contribution is -2.45. The average molecular weight is 579 g/mol. The zero-order valence-corrected chi connectivity index (χ0v) is 24.7. The van der Waals surface area contributed by atoms with Gasteiger partial charge in [0.05, 0.1) is 28.1 Å². The predicted molar refractivity (Wildman–Crippen MR) is 176 cm³/mol. The van der Waals surface area contributed by atoms with Crippen molar-refractivity contribution in [3.8, 4) is 39.7 Å². The van der Waals surface area contributed by atoms with Gasteiger partial charge in [0.2, 0.25) is 0 Å². The Labute approximate surface area is 257 Å². The van der Waals surface area contributed by atoms with Crippen molar-refractivity contribution in [2.45, 2.75) is 37.5 Å². The SMILES string of the molecule is CC1(O)CC=CC=C1C1=NC(c2ccccc2)C(C)(c2ccc(-c3[nH]c(-c4ccccc4O)nc3-c3ccccc3)cc2)N1. The van der Waals surface area contributed by atoms with Crippen molar-refractivity contribution in [3.63, 3.8) is 0 Å². The highest BCUT2D eigenvalue weighted by molar-refractivity contribution is 6.02. The van der Waals surface area contributed by atoms with Crippen LogP contribution in [0.25, 0.3) is 33.9 Å². The molecular weight excluding hydrogens is 544 g/mol. The van der Waals surface area contributed by atoms with Gasteiger partial charge >= 0.3 is 0 Å². The number of imidazole rings is 1. The highest BCUT2D eigenvalue weighted by Crippen LogP contribution is 2.44. The molecule has 0 fully saturated rings. The highest BCUT2D eigenvalue weighted by Gasteiger charge is 2.45. The number of nitrogens with zero attached hydrogens (tertiary/aromatic N) is 2. The minimum atomic E-state index is -1.00. The van der Waals surface area contributed by atoms with Crippen molar-refractivity contribution < 1.29 is 10.2 Å². The quantitative estimate of drug-likeness (QED) is 0.166. The van der Waals surface area contributed by atoms with E-state index in [1.165, 1.54) is 0 Å². The van der Waals surface area contributed by atoms with Gasteiger partial charge in [-0.25, -0.2) is 4.98 Å². The van der Waals surface area contributed by atoms with Gasteiger partial charge < -0.3 is 20.5 Å². The number of amidine groups is 1. The number of benzene rings is 4. The van der Waals surface area contributed by atoms with E-state index in [1.54, 1.807) is 12.1 Å². The van der Waals surface area contributed by atoms with Crippen LogP contribution in [0, 0.1) is 0 Å². The number of phenolic OH excluding ortho intramolecular Hbond substituents is 1. The van der Waals surface area contributed by atoms with Crippen LogP contribution < -0.4 is 5.32 Å². The van der Waals surface area contributed by atoms with E-state index >= 15 is 0 Å². The molecule has 0 amide bonds. The third kappa shape index (κ3) is 4.83. The Morgan fingerprint density at radius 2 is 1.48 bits per heavy atom. The van der Waals surface area contributed by atoms with E-state index in [4.69, 9.17) is 9.98 Å². The second-order valence-electron chi connectivity index (χ2n) is 11.9. The predicted octanol–water partition coefficient (Wildman–Crippen LogP) is 7.71. The number of aromatic nitrogens is 2. The molecule has 3 unspecified atom stereocenters. The summed E-state index contributed by atoms with van der Waals surface area (Å²) in [5, 5.41) is 25.5. The maximum absolute atomic E-state index is 11.2. The molecule has 218 valence electrons. The molecule has 1 aliphatic carbocycles. The molecule has 6 heteroatoms. The van der Waals surface area contributed by atoms with E-state index in [1.807, 2.05) is 85.8 Å². The summed E-state index contributed by atoms with van der Waals surface area (Å²) in [4.78, 5) is 13.6. The number of H-pyrrole nitrogens is 1. The normalized spacial score (nSPS) is 22.8. The maximum Gasteiger partial charge on any atom is 0.142 e. The Kier molecular flexibility index (Phi) is 6.79. The topological polar surface area (TPSA) is 93.5 Å². The zero-order valence-electron chi connectivity index (χ0n) is 24.7. The number of hydrogen-bond acceptors (Lipinski definition) is 5. The molecule has 4 N–H and O–H groups in total. The number of para-hydroxylation sites is 1. The Morgan fingerprint density at radius 3 is 2.18 bits per heavy atom. The van der Waals surface area contributed by atoms with Gasteiger partial charge in [0.15, 0.2) is 0 Å². The summed E-state index contributed by atoms with van der Waals surface area (Å²) in [6, 6.07) is 35.9. The fourth-order valence-electron chi connectivity index (χ4n) is 6.27. The Morgan fingerprint density at radius 1 is 0.795 bits per heavy atom. The van der Waals surface area contributed by atoms with E-state index in [9.17, 15) is 10.2 Å². The molecule has 44 heavy (non-hydrogen) atoms. The Bertz CT molecular complexity index is 1900. The van der Waals surface area contributed by atoms with E-state index in [0.717, 1.165) is 39.2 Å². The van der Waals surface area contributed by atoms with Gasteiger partial charge in [0.25, 0.3) is 0 Å². The smallest absolute Gasteiger partial charge is 0.142 e. The van der Waals surface area contributed by atoms with Gasteiger partial charge in [-0.15, -0.1) is 0 Å². The van der Waals surface area contributed by atoms with Crippen molar-refractivity contribution in [1.82, 2.24) is 15.3 Å². The first-order valence-corrected chi connectivity index (χ1v) is 14.9. The molecule has 0 saturated heterocycles. The average Bonchev–Trinajstić information content (AvgIpc) is 3.65. The fraction of sp³-hybridized carbons (Fsp3) is 0.158. The number of aromatic hydroxyl groups is 1. The molecule has 2 aliphatic rings. The van der Waals surface area contributed by atoms with Crippen LogP contribution in [0.2, 0.25) is 0 Å². The molecule has 0 saturated carbocycles. The summed E-state index contributed by atoms with van der Waals surface area (Å²) in [6.45, 7) is 4.01. The number of allylic oxidation sites excluding steroid dienone is 2. The maximum atomic E-state index is 11.2. The van der Waals surface area contributed by atoms with Crippen molar-refractivity contribution in [2.24, 2.45) is 4.99 Å². The van der Waals surface area contributed by atoms with Crippen molar-refractivity contribution in [2.75, 3.05) is 0 Å². The third-order valence-corrected chi connectivity index (χ3v) is 8.73. The van der Waals surface area contributed by atoms with Gasteiger partial charge in [0, 0.05) is 16.7 Å². The van der Waals surface area contributed by atoms with Crippen molar-refractivity contribution in [3.05, 3.63) is 144 Å². The zero-order chi connectivity index (χ0) is 30.3. The molecule has 3 atom stereocenters. The monoisotopic (exact) mass is 578 g/mol. The summed E-state index contributed by atoms with van der Waals surface area (Å²) in [5.41, 5.74) is 5.69. The van der Waals surface area contributed by atoms with Gasteiger partial charge in [-0.1, -0.05) is 115 Å². The Hall–Kier alpha value is -5.20. The van der Waals surface area contributed by atoms with Crippen molar-refractivity contribution in [1.29, 1.82) is 0 Å². The molecular formula is C38H34N4O2. The highest BCUT2D eigenvalue weighted by atomic mass is 16.3. The molecule has 0 spiro atoms. The van der Waals surface area contributed by atoms with Crippen LogP contribution in [0.3, 0.4) is 0 Å². The number of aliphatic hydroxyl groups is 1. The third-order valence-electron chi connectivity index (χ3n) is 8.73. The van der Waals surface area contributed by atoms with Crippen LogP contribution in [-0.2, 0) is 5.54 Å². The fourth-order valence-corrected chi connectivity index (χ4v) is 6.27. The van der Waals surface area contributed by atoms with Crippen LogP contribution >= 0.6 is 0 Å². The minimum absolute atomic E-state index is 0.174. The number of nitrogens with one attached hydrogen (secondary N) is 2. The number of hydrogen-bond donors (Lipinski definition) is 4. The van der Waals surface area contributed by atoms with Gasteiger partial charge in [-0.3, -0.25) is 4.99 Å². The van der Waals surface area contributed by atoms with Crippen molar-refractivity contribution >= 4 is 5.84 Å². The van der Waals surface area contributed by atoms with E-state index < -0.39 is 11.1 Å². The number of rotatable bonds is 6. The second-order valence-corrected chi connectivity index (χ2v) is 11.9. The first kappa shape index (κ1) is 27.6. The van der Waals surface area contributed by atoms with Crippen LogP contribution in [-0.4, -0.2) is 31.6 Å². The molecule has 2 heterocycles. The molecule has 0 bridgehead atoms. The van der Waals surface area contributed by atoms with E-state index in [-0.39, 0.29) is 11.8 Å². The summed E-state index contributed by atoms with van der Waals surface area (Å²) in [5.74, 6) is 1.50. The minimum Gasteiger partial charge on any atom is -0.507 e. The molecule has 6 nitrogen and oxygen atoms in total. The first-order valence-electron chi connectivity index (χ1n) is 14.9.